The fraction of sp³-hybridized carbons (Fsp3) is 0.500. The molecule has 0 unspecified atom stereocenters. The number of benzene rings is 1. The summed E-state index contributed by atoms with van der Waals surface area (Å²) in [6.07, 6.45) is 2.73. The molecule has 1 aromatic heterocycles. The van der Waals surface area contributed by atoms with Gasteiger partial charge in [0.1, 0.15) is 0 Å². The molecule has 1 aromatic carbocycles. The zero-order chi connectivity index (χ0) is 15.3. The van der Waals surface area contributed by atoms with E-state index in [2.05, 4.69) is 23.0 Å². The quantitative estimate of drug-likeness (QED) is 0.800. The standard InChI is InChI=1S/C10H11N3.3C2H6/c1-2-7-4-3-5-8-6-12-10(11)13-9(7)8;3*1-2/h3-6H,2H2,1H3,(H2,11,12,13);3*1-2H3. The molecule has 108 valence electrons. The minimum Gasteiger partial charge on any atom is -0.368 e. The molecule has 0 saturated heterocycles. The molecule has 0 amide bonds. The van der Waals surface area contributed by atoms with Crippen molar-refractivity contribution in [1.29, 1.82) is 0 Å². The van der Waals surface area contributed by atoms with Crippen LogP contribution in [-0.4, -0.2) is 9.97 Å². The molecule has 0 saturated carbocycles. The highest BCUT2D eigenvalue weighted by atomic mass is 15.0. The number of nitrogens with zero attached hydrogens (tertiary/aromatic N) is 2. The van der Waals surface area contributed by atoms with E-state index in [0.717, 1.165) is 17.3 Å². The Morgan fingerprint density at radius 2 is 1.58 bits per heavy atom. The van der Waals surface area contributed by atoms with Crippen molar-refractivity contribution >= 4 is 16.9 Å². The van der Waals surface area contributed by atoms with Crippen molar-refractivity contribution < 1.29 is 0 Å². The largest absolute Gasteiger partial charge is 0.368 e. The van der Waals surface area contributed by atoms with E-state index >= 15 is 0 Å². The predicted molar refractivity (Wildman–Crippen MR) is 87.4 cm³/mol. The van der Waals surface area contributed by atoms with Gasteiger partial charge in [0.05, 0.1) is 5.52 Å². The molecule has 2 aromatic rings. The minimum atomic E-state index is 0.341. The number of aryl methyl sites for hydroxylation is 1. The zero-order valence-electron chi connectivity index (χ0n) is 13.5. The van der Waals surface area contributed by atoms with E-state index in [-0.39, 0.29) is 0 Å². The molecule has 0 atom stereocenters. The van der Waals surface area contributed by atoms with E-state index in [1.165, 1.54) is 5.56 Å². The van der Waals surface area contributed by atoms with E-state index in [1.54, 1.807) is 6.20 Å². The molecule has 0 bridgehead atoms. The third-order valence-electron chi connectivity index (χ3n) is 2.09. The summed E-state index contributed by atoms with van der Waals surface area (Å²) < 4.78 is 0. The van der Waals surface area contributed by atoms with Gasteiger partial charge in [0.2, 0.25) is 5.95 Å². The van der Waals surface area contributed by atoms with Crippen molar-refractivity contribution in [2.75, 3.05) is 5.73 Å². The zero-order valence-corrected chi connectivity index (χ0v) is 13.5. The number of aromatic nitrogens is 2. The van der Waals surface area contributed by atoms with Crippen molar-refractivity contribution in [3.63, 3.8) is 0 Å². The third-order valence-corrected chi connectivity index (χ3v) is 2.09. The lowest BCUT2D eigenvalue weighted by Gasteiger charge is -2.02. The number of rotatable bonds is 1. The Morgan fingerprint density at radius 3 is 2.11 bits per heavy atom. The summed E-state index contributed by atoms with van der Waals surface area (Å²) in [7, 11) is 0. The number of hydrogen-bond donors (Lipinski definition) is 1. The normalized spacial score (nSPS) is 8.16. The van der Waals surface area contributed by atoms with E-state index in [4.69, 9.17) is 5.73 Å². The summed E-state index contributed by atoms with van der Waals surface area (Å²) in [5, 5.41) is 1.05. The van der Waals surface area contributed by atoms with Crippen LogP contribution in [0.3, 0.4) is 0 Å². The van der Waals surface area contributed by atoms with Gasteiger partial charge in [-0.3, -0.25) is 0 Å². The average Bonchev–Trinajstić information content (AvgIpc) is 2.52. The molecule has 0 spiro atoms. The first kappa shape index (κ1) is 19.7. The van der Waals surface area contributed by atoms with E-state index in [9.17, 15) is 0 Å². The van der Waals surface area contributed by atoms with Gasteiger partial charge in [0.15, 0.2) is 0 Å². The number of fused-ring (bicyclic) bond motifs is 1. The van der Waals surface area contributed by atoms with E-state index in [0.29, 0.717) is 5.95 Å². The first-order valence-corrected chi connectivity index (χ1v) is 7.31. The van der Waals surface area contributed by atoms with Crippen LogP contribution in [0.5, 0.6) is 0 Å². The predicted octanol–water partition coefficient (Wildman–Crippen LogP) is 4.85. The summed E-state index contributed by atoms with van der Waals surface area (Å²) in [4.78, 5) is 8.16. The summed E-state index contributed by atoms with van der Waals surface area (Å²) in [5.74, 6) is 0.341. The smallest absolute Gasteiger partial charge is 0.220 e. The summed E-state index contributed by atoms with van der Waals surface area (Å²) in [6.45, 7) is 14.1. The number of nitrogen functional groups attached to an aromatic ring is 1. The fourth-order valence-electron chi connectivity index (χ4n) is 1.42. The molecule has 2 rings (SSSR count). The van der Waals surface area contributed by atoms with Gasteiger partial charge in [0, 0.05) is 11.6 Å². The maximum Gasteiger partial charge on any atom is 0.220 e. The third kappa shape index (κ3) is 6.18. The van der Waals surface area contributed by atoms with Crippen LogP contribution in [-0.2, 0) is 6.42 Å². The van der Waals surface area contributed by atoms with E-state index in [1.807, 2.05) is 53.7 Å². The van der Waals surface area contributed by atoms with Gasteiger partial charge < -0.3 is 5.73 Å². The molecule has 2 N–H and O–H groups in total. The average molecular weight is 263 g/mol. The SMILES string of the molecule is CC.CC.CC.CCc1cccc2cnc(N)nc12. The molecule has 3 nitrogen and oxygen atoms in total. The van der Waals surface area contributed by atoms with Gasteiger partial charge in [-0.1, -0.05) is 66.7 Å². The van der Waals surface area contributed by atoms with Gasteiger partial charge in [-0.25, -0.2) is 9.97 Å². The van der Waals surface area contributed by atoms with Crippen LogP contribution in [0.1, 0.15) is 54.0 Å². The second-order valence-corrected chi connectivity index (χ2v) is 2.94. The summed E-state index contributed by atoms with van der Waals surface area (Å²) in [5.41, 5.74) is 7.71. The first-order chi connectivity index (χ1) is 9.31. The van der Waals surface area contributed by atoms with Crippen LogP contribution in [0.2, 0.25) is 0 Å². The maximum absolute atomic E-state index is 5.53. The molecule has 0 fully saturated rings. The number of para-hydroxylation sites is 1. The van der Waals surface area contributed by atoms with Crippen molar-refractivity contribution in [3.05, 3.63) is 30.0 Å². The van der Waals surface area contributed by atoms with E-state index < -0.39 is 0 Å². The van der Waals surface area contributed by atoms with Crippen molar-refractivity contribution in [3.8, 4) is 0 Å². The topological polar surface area (TPSA) is 51.8 Å². The van der Waals surface area contributed by atoms with Gasteiger partial charge in [-0.15, -0.1) is 0 Å². The highest BCUT2D eigenvalue weighted by Gasteiger charge is 2.00. The van der Waals surface area contributed by atoms with Crippen LogP contribution in [0.25, 0.3) is 10.9 Å². The molecule has 0 aliphatic carbocycles. The van der Waals surface area contributed by atoms with Crippen molar-refractivity contribution in [2.24, 2.45) is 0 Å². The second kappa shape index (κ2) is 12.8. The van der Waals surface area contributed by atoms with Gasteiger partial charge in [-0.2, -0.15) is 0 Å². The summed E-state index contributed by atoms with van der Waals surface area (Å²) in [6, 6.07) is 6.07. The molecular weight excluding hydrogens is 234 g/mol. The highest BCUT2D eigenvalue weighted by molar-refractivity contribution is 5.81. The summed E-state index contributed by atoms with van der Waals surface area (Å²) >= 11 is 0. The Hall–Kier alpha value is -1.64. The van der Waals surface area contributed by atoms with Crippen molar-refractivity contribution in [1.82, 2.24) is 9.97 Å². The molecule has 1 heterocycles. The maximum atomic E-state index is 5.53. The molecule has 0 aliphatic heterocycles. The number of nitrogens with two attached hydrogens (primary N) is 1. The lowest BCUT2D eigenvalue weighted by atomic mass is 10.1. The minimum absolute atomic E-state index is 0.341. The Kier molecular flexibility index (Phi) is 13.3. The van der Waals surface area contributed by atoms with Crippen molar-refractivity contribution in [2.45, 2.75) is 54.9 Å². The van der Waals surface area contributed by atoms with Gasteiger partial charge >= 0.3 is 0 Å². The molecular formula is C16H29N3. The highest BCUT2D eigenvalue weighted by Crippen LogP contribution is 2.16. The lowest BCUT2D eigenvalue weighted by molar-refractivity contribution is 1.13. The van der Waals surface area contributed by atoms with Crippen LogP contribution >= 0.6 is 0 Å². The lowest BCUT2D eigenvalue weighted by Crippen LogP contribution is -1.96. The Labute approximate surface area is 118 Å². The Balaban J connectivity index is 0. The van der Waals surface area contributed by atoms with Gasteiger partial charge in [0.25, 0.3) is 0 Å². The van der Waals surface area contributed by atoms with Crippen LogP contribution in [0.4, 0.5) is 5.95 Å². The monoisotopic (exact) mass is 263 g/mol. The number of hydrogen-bond acceptors (Lipinski definition) is 3. The molecule has 0 radical (unpaired) electrons. The van der Waals surface area contributed by atoms with Crippen LogP contribution in [0.15, 0.2) is 24.4 Å². The van der Waals surface area contributed by atoms with Crippen LogP contribution < -0.4 is 5.73 Å². The molecule has 19 heavy (non-hydrogen) atoms. The molecule has 0 aliphatic rings. The number of anilines is 1. The first-order valence-electron chi connectivity index (χ1n) is 7.31. The van der Waals surface area contributed by atoms with Crippen LogP contribution in [0, 0.1) is 0 Å². The second-order valence-electron chi connectivity index (χ2n) is 2.94. The molecule has 3 heteroatoms. The fourth-order valence-corrected chi connectivity index (χ4v) is 1.42. The Bertz CT molecular complexity index is 439. The Morgan fingerprint density at radius 1 is 1.00 bits per heavy atom. The van der Waals surface area contributed by atoms with Gasteiger partial charge in [-0.05, 0) is 12.0 Å².